The first-order chi connectivity index (χ1) is 11.6. The molecular weight excluding hydrogens is 306 g/mol. The lowest BCUT2D eigenvalue weighted by Crippen LogP contribution is -2.42. The Morgan fingerprint density at radius 1 is 1.46 bits per heavy atom. The number of hydrogen-bond acceptors (Lipinski definition) is 4. The van der Waals surface area contributed by atoms with Gasteiger partial charge in [-0.05, 0) is 50.3 Å². The van der Waals surface area contributed by atoms with Crippen molar-refractivity contribution >= 4 is 17.5 Å². The van der Waals surface area contributed by atoms with Gasteiger partial charge in [0.15, 0.2) is 0 Å². The lowest BCUT2D eigenvalue weighted by atomic mass is 9.85. The second kappa shape index (κ2) is 5.61. The summed E-state index contributed by atoms with van der Waals surface area (Å²) in [6.07, 6.45) is 7.69. The van der Waals surface area contributed by atoms with E-state index >= 15 is 0 Å². The highest BCUT2D eigenvalue weighted by Gasteiger charge is 2.53. The smallest absolute Gasteiger partial charge is 0.307 e. The van der Waals surface area contributed by atoms with Crippen molar-refractivity contribution in [1.29, 1.82) is 0 Å². The van der Waals surface area contributed by atoms with Gasteiger partial charge >= 0.3 is 5.97 Å². The first-order valence-electron chi connectivity index (χ1n) is 8.50. The van der Waals surface area contributed by atoms with Gasteiger partial charge in [0.2, 0.25) is 5.91 Å². The fourth-order valence-electron chi connectivity index (χ4n) is 3.97. The average Bonchev–Trinajstić information content (AvgIpc) is 3.24. The molecule has 1 N–H and O–H groups in total. The van der Waals surface area contributed by atoms with Gasteiger partial charge in [0.05, 0.1) is 24.6 Å². The van der Waals surface area contributed by atoms with Gasteiger partial charge in [-0.25, -0.2) is 4.98 Å². The molecule has 0 aromatic carbocycles. The van der Waals surface area contributed by atoms with Crippen LogP contribution in [0.25, 0.3) is 5.65 Å². The Bertz CT molecular complexity index is 805. The van der Waals surface area contributed by atoms with Crippen molar-refractivity contribution in [2.75, 3.05) is 0 Å². The largest absolute Gasteiger partial charge is 0.458 e. The number of esters is 1. The molecule has 1 atom stereocenters. The molecule has 1 saturated heterocycles. The molecule has 1 amide bonds. The van der Waals surface area contributed by atoms with E-state index in [0.29, 0.717) is 6.54 Å². The summed E-state index contributed by atoms with van der Waals surface area (Å²) in [6, 6.07) is 4.02. The highest BCUT2D eigenvalue weighted by molar-refractivity contribution is 5.87. The van der Waals surface area contributed by atoms with Crippen LogP contribution in [0.5, 0.6) is 0 Å². The number of nitrogens with one attached hydrogen (secondary N) is 1. The monoisotopic (exact) mass is 327 g/mol. The molecule has 6 heteroatoms. The molecule has 1 spiro atoms. The first-order valence-corrected chi connectivity index (χ1v) is 8.50. The van der Waals surface area contributed by atoms with Gasteiger partial charge in [0.1, 0.15) is 11.2 Å². The number of aryl methyl sites for hydroxylation is 1. The van der Waals surface area contributed by atoms with E-state index in [4.69, 9.17) is 4.74 Å². The maximum Gasteiger partial charge on any atom is 0.307 e. The third-order valence-corrected chi connectivity index (χ3v) is 5.20. The summed E-state index contributed by atoms with van der Waals surface area (Å²) in [6.45, 7) is 2.38. The van der Waals surface area contributed by atoms with Crippen molar-refractivity contribution in [3.63, 3.8) is 0 Å². The molecule has 24 heavy (non-hydrogen) atoms. The second-order valence-corrected chi connectivity index (χ2v) is 6.92. The van der Waals surface area contributed by atoms with Crippen molar-refractivity contribution in [1.82, 2.24) is 14.7 Å². The fourth-order valence-corrected chi connectivity index (χ4v) is 3.97. The number of carbonyl (C=O) groups is 2. The average molecular weight is 327 g/mol. The Kier molecular flexibility index (Phi) is 3.55. The summed E-state index contributed by atoms with van der Waals surface area (Å²) in [7, 11) is 0. The molecule has 3 heterocycles. The van der Waals surface area contributed by atoms with Crippen LogP contribution in [0.4, 0.5) is 0 Å². The standard InChI is InChI=1S/C18H21N3O3/c1-12-4-7-21-11-13(20-15(21)8-12)10-19-17(23)14-9-16(22)24-18(14)5-2-3-6-18/h4,7-8,11,14H,2-3,5-6,9-10H2,1H3,(H,19,23)/t14-/m0/s1. The van der Waals surface area contributed by atoms with Crippen molar-refractivity contribution in [3.8, 4) is 0 Å². The number of amides is 1. The van der Waals surface area contributed by atoms with Crippen molar-refractivity contribution in [3.05, 3.63) is 35.8 Å². The SMILES string of the molecule is Cc1ccn2cc(CNC(=O)[C@@H]3CC(=O)OC34CCCC4)nc2c1. The molecule has 0 unspecified atom stereocenters. The van der Waals surface area contributed by atoms with E-state index in [-0.39, 0.29) is 24.2 Å². The maximum atomic E-state index is 12.6. The highest BCUT2D eigenvalue weighted by Crippen LogP contribution is 2.45. The van der Waals surface area contributed by atoms with Gasteiger partial charge in [-0.15, -0.1) is 0 Å². The lowest BCUT2D eigenvalue weighted by Gasteiger charge is -2.27. The van der Waals surface area contributed by atoms with Gasteiger partial charge < -0.3 is 14.5 Å². The van der Waals surface area contributed by atoms with Crippen LogP contribution in [0.15, 0.2) is 24.5 Å². The van der Waals surface area contributed by atoms with Gasteiger partial charge in [-0.1, -0.05) is 0 Å². The summed E-state index contributed by atoms with van der Waals surface area (Å²) in [4.78, 5) is 28.9. The van der Waals surface area contributed by atoms with Crippen molar-refractivity contribution in [2.45, 2.75) is 51.2 Å². The van der Waals surface area contributed by atoms with Crippen molar-refractivity contribution in [2.24, 2.45) is 5.92 Å². The van der Waals surface area contributed by atoms with E-state index < -0.39 is 5.60 Å². The quantitative estimate of drug-likeness (QED) is 0.877. The molecule has 2 aromatic heterocycles. The lowest BCUT2D eigenvalue weighted by molar-refractivity contribution is -0.149. The molecule has 0 bridgehead atoms. The van der Waals surface area contributed by atoms with Gasteiger partial charge in [-0.3, -0.25) is 9.59 Å². The Balaban J connectivity index is 1.46. The van der Waals surface area contributed by atoms with Crippen molar-refractivity contribution < 1.29 is 14.3 Å². The molecule has 2 fully saturated rings. The van der Waals surface area contributed by atoms with Gasteiger partial charge in [-0.2, -0.15) is 0 Å². The van der Waals surface area contributed by atoms with E-state index in [2.05, 4.69) is 10.3 Å². The first kappa shape index (κ1) is 15.2. The molecule has 126 valence electrons. The third-order valence-electron chi connectivity index (χ3n) is 5.20. The van der Waals surface area contributed by atoms with Crippen LogP contribution < -0.4 is 5.32 Å². The van der Waals surface area contributed by atoms with Crippen LogP contribution >= 0.6 is 0 Å². The zero-order valence-corrected chi connectivity index (χ0v) is 13.7. The molecule has 2 aromatic rings. The Hall–Kier alpha value is -2.37. The predicted octanol–water partition coefficient (Wildman–Crippen LogP) is 2.13. The summed E-state index contributed by atoms with van der Waals surface area (Å²) in [5.74, 6) is -0.719. The zero-order chi connectivity index (χ0) is 16.7. The minimum atomic E-state index is -0.558. The molecule has 4 rings (SSSR count). The summed E-state index contributed by atoms with van der Waals surface area (Å²) >= 11 is 0. The zero-order valence-electron chi connectivity index (χ0n) is 13.7. The van der Waals surface area contributed by atoms with E-state index in [1.54, 1.807) is 0 Å². The third kappa shape index (κ3) is 2.56. The maximum absolute atomic E-state index is 12.6. The number of imidazole rings is 1. The normalized spacial score (nSPS) is 22.2. The van der Waals surface area contributed by atoms with Crippen LogP contribution in [-0.4, -0.2) is 26.9 Å². The Labute approximate surface area is 140 Å². The number of rotatable bonds is 3. The topological polar surface area (TPSA) is 72.7 Å². The molecular formula is C18H21N3O3. The Morgan fingerprint density at radius 2 is 2.25 bits per heavy atom. The second-order valence-electron chi connectivity index (χ2n) is 6.92. The molecule has 6 nitrogen and oxygen atoms in total. The van der Waals surface area contributed by atoms with Crippen LogP contribution in [-0.2, 0) is 20.9 Å². The van der Waals surface area contributed by atoms with Crippen LogP contribution in [0.2, 0.25) is 0 Å². The minimum absolute atomic E-state index is 0.101. The highest BCUT2D eigenvalue weighted by atomic mass is 16.6. The number of nitrogens with zero attached hydrogens (tertiary/aromatic N) is 2. The van der Waals surface area contributed by atoms with Gasteiger partial charge in [0, 0.05) is 12.4 Å². The Morgan fingerprint density at radius 3 is 3.04 bits per heavy atom. The summed E-state index contributed by atoms with van der Waals surface area (Å²) in [5.41, 5.74) is 2.26. The number of aromatic nitrogens is 2. The fraction of sp³-hybridized carbons (Fsp3) is 0.500. The van der Waals surface area contributed by atoms with E-state index in [0.717, 1.165) is 42.6 Å². The number of pyridine rings is 1. The molecule has 1 saturated carbocycles. The van der Waals surface area contributed by atoms with Crippen LogP contribution in [0, 0.1) is 12.8 Å². The van der Waals surface area contributed by atoms with Crippen LogP contribution in [0.3, 0.4) is 0 Å². The molecule has 1 aliphatic heterocycles. The summed E-state index contributed by atoms with van der Waals surface area (Å²) < 4.78 is 7.48. The van der Waals surface area contributed by atoms with E-state index in [1.165, 1.54) is 0 Å². The van der Waals surface area contributed by atoms with Crippen LogP contribution in [0.1, 0.15) is 43.4 Å². The number of hydrogen-bond donors (Lipinski definition) is 1. The van der Waals surface area contributed by atoms with Gasteiger partial charge in [0.25, 0.3) is 0 Å². The summed E-state index contributed by atoms with van der Waals surface area (Å²) in [5, 5.41) is 2.94. The number of carbonyl (C=O) groups excluding carboxylic acids is 2. The van der Waals surface area contributed by atoms with E-state index in [9.17, 15) is 9.59 Å². The number of ether oxygens (including phenoxy) is 1. The minimum Gasteiger partial charge on any atom is -0.458 e. The molecule has 1 aliphatic carbocycles. The van der Waals surface area contributed by atoms with E-state index in [1.807, 2.05) is 35.9 Å². The predicted molar refractivity (Wildman–Crippen MR) is 87.2 cm³/mol. The molecule has 2 aliphatic rings. The molecule has 0 radical (unpaired) electrons. The number of fused-ring (bicyclic) bond motifs is 1.